The molecule has 4 nitrogen and oxygen atoms in total. The highest BCUT2D eigenvalue weighted by atomic mass is 19.4. The molecule has 1 aromatic carbocycles. The Hall–Kier alpha value is -2.09. The number of nitrogens with two attached hydrogens (primary N) is 1. The van der Waals surface area contributed by atoms with E-state index in [4.69, 9.17) is 10.6 Å². The molecule has 0 unspecified atom stereocenters. The minimum Gasteiger partial charge on any atom is -0.491 e. The lowest BCUT2D eigenvalue weighted by Gasteiger charge is -2.16. The smallest absolute Gasteiger partial charge is 0.433 e. The molecule has 0 fully saturated rings. The van der Waals surface area contributed by atoms with Gasteiger partial charge in [-0.1, -0.05) is 0 Å². The van der Waals surface area contributed by atoms with Crippen LogP contribution < -0.4 is 16.0 Å². The molecule has 3 N–H and O–H groups in total. The zero-order valence-electron chi connectivity index (χ0n) is 11.3. The zero-order chi connectivity index (χ0) is 15.8. The van der Waals surface area contributed by atoms with E-state index in [2.05, 4.69) is 10.4 Å². The molecule has 0 aliphatic rings. The fourth-order valence-corrected chi connectivity index (χ4v) is 2.09. The van der Waals surface area contributed by atoms with Gasteiger partial charge in [-0.25, -0.2) is 9.37 Å². The maximum absolute atomic E-state index is 13.8. The summed E-state index contributed by atoms with van der Waals surface area (Å²) in [6, 6.07) is 2.18. The summed E-state index contributed by atoms with van der Waals surface area (Å²) in [5.41, 5.74) is 0.840. The largest absolute Gasteiger partial charge is 0.491 e. The number of fused-ring (bicyclic) bond motifs is 1. The fourth-order valence-electron chi connectivity index (χ4n) is 2.09. The number of ether oxygens (including phenoxy) is 1. The van der Waals surface area contributed by atoms with Crippen molar-refractivity contribution in [2.24, 2.45) is 5.84 Å². The molecule has 1 heterocycles. The number of anilines is 1. The number of nitrogens with one attached hydrogen (secondary N) is 1. The number of aromatic nitrogens is 1. The van der Waals surface area contributed by atoms with Gasteiger partial charge in [0.2, 0.25) is 0 Å². The van der Waals surface area contributed by atoms with Crippen LogP contribution in [0.2, 0.25) is 0 Å². The minimum atomic E-state index is -4.65. The van der Waals surface area contributed by atoms with E-state index in [0.29, 0.717) is 0 Å². The van der Waals surface area contributed by atoms with Gasteiger partial charge in [0.1, 0.15) is 5.69 Å². The SMILES string of the molecule is CCOc1cc2c(NN)c(C)c(C(F)(F)F)nc2cc1F. The second-order valence-electron chi connectivity index (χ2n) is 4.34. The Labute approximate surface area is 117 Å². The number of benzene rings is 1. The van der Waals surface area contributed by atoms with Gasteiger partial charge in [0.05, 0.1) is 17.8 Å². The second kappa shape index (κ2) is 5.36. The molecule has 2 aromatic rings. The Kier molecular flexibility index (Phi) is 3.91. The van der Waals surface area contributed by atoms with Crippen LogP contribution >= 0.6 is 0 Å². The predicted octanol–water partition coefficient (Wildman–Crippen LogP) is 3.39. The minimum absolute atomic E-state index is 0.0354. The summed E-state index contributed by atoms with van der Waals surface area (Å²) in [5.74, 6) is 4.46. The number of pyridine rings is 1. The van der Waals surface area contributed by atoms with Crippen LogP contribution in [0.1, 0.15) is 18.2 Å². The van der Waals surface area contributed by atoms with Crippen LogP contribution in [0.25, 0.3) is 10.9 Å². The molecule has 2 rings (SSSR count). The zero-order valence-corrected chi connectivity index (χ0v) is 11.3. The number of hydrogen-bond donors (Lipinski definition) is 2. The lowest BCUT2D eigenvalue weighted by atomic mass is 10.1. The van der Waals surface area contributed by atoms with Gasteiger partial charge >= 0.3 is 6.18 Å². The van der Waals surface area contributed by atoms with Gasteiger partial charge in [-0.2, -0.15) is 13.2 Å². The van der Waals surface area contributed by atoms with Gasteiger partial charge in [-0.05, 0) is 19.9 Å². The van der Waals surface area contributed by atoms with Crippen molar-refractivity contribution in [3.05, 3.63) is 29.2 Å². The van der Waals surface area contributed by atoms with Crippen molar-refractivity contribution < 1.29 is 22.3 Å². The van der Waals surface area contributed by atoms with Crippen molar-refractivity contribution in [2.45, 2.75) is 20.0 Å². The van der Waals surface area contributed by atoms with Crippen LogP contribution in [0.3, 0.4) is 0 Å². The van der Waals surface area contributed by atoms with E-state index in [9.17, 15) is 17.6 Å². The molecule has 0 bridgehead atoms. The van der Waals surface area contributed by atoms with Crippen LogP contribution in [0.15, 0.2) is 12.1 Å². The Morgan fingerprint density at radius 3 is 2.52 bits per heavy atom. The third-order valence-electron chi connectivity index (χ3n) is 2.99. The second-order valence-corrected chi connectivity index (χ2v) is 4.34. The molecule has 21 heavy (non-hydrogen) atoms. The standard InChI is InChI=1S/C13H13F4N3O/c1-3-21-10-4-7-9(5-8(10)14)19-12(13(15,16)17)6(2)11(7)20-18/h4-5H,3,18H2,1-2H3,(H,19,20). The Bertz CT molecular complexity index is 685. The number of nitrogens with zero attached hydrogens (tertiary/aromatic N) is 1. The van der Waals surface area contributed by atoms with E-state index in [0.717, 1.165) is 6.07 Å². The van der Waals surface area contributed by atoms with E-state index in [1.807, 2.05) is 0 Å². The van der Waals surface area contributed by atoms with Crippen LogP contribution in [0, 0.1) is 12.7 Å². The first-order valence-corrected chi connectivity index (χ1v) is 6.10. The first-order chi connectivity index (χ1) is 9.79. The van der Waals surface area contributed by atoms with E-state index >= 15 is 0 Å². The number of alkyl halides is 3. The van der Waals surface area contributed by atoms with E-state index < -0.39 is 17.7 Å². The molecule has 0 saturated carbocycles. The first kappa shape index (κ1) is 15.3. The number of nitrogen functional groups attached to an aromatic ring is 1. The number of rotatable bonds is 3. The van der Waals surface area contributed by atoms with Gasteiger partial charge in [0.25, 0.3) is 0 Å². The topological polar surface area (TPSA) is 60.2 Å². The van der Waals surface area contributed by atoms with E-state index in [1.54, 1.807) is 6.92 Å². The number of halogens is 4. The molecule has 1 aromatic heterocycles. The van der Waals surface area contributed by atoms with Crippen molar-refractivity contribution in [2.75, 3.05) is 12.0 Å². The monoisotopic (exact) mass is 303 g/mol. The number of hydrogen-bond acceptors (Lipinski definition) is 4. The summed E-state index contributed by atoms with van der Waals surface area (Å²) in [4.78, 5) is 3.50. The van der Waals surface area contributed by atoms with Crippen LogP contribution in [0.5, 0.6) is 5.75 Å². The lowest BCUT2D eigenvalue weighted by molar-refractivity contribution is -0.141. The summed E-state index contributed by atoms with van der Waals surface area (Å²) in [7, 11) is 0. The Balaban J connectivity index is 2.81. The van der Waals surface area contributed by atoms with Crippen LogP contribution in [0.4, 0.5) is 23.2 Å². The molecule has 0 amide bonds. The van der Waals surface area contributed by atoms with Gasteiger partial charge in [0.15, 0.2) is 11.6 Å². The summed E-state index contributed by atoms with van der Waals surface area (Å²) in [6.45, 7) is 3.14. The van der Waals surface area contributed by atoms with Crippen LogP contribution in [-0.4, -0.2) is 11.6 Å². The highest BCUT2D eigenvalue weighted by molar-refractivity contribution is 5.94. The average molecular weight is 303 g/mol. The highest BCUT2D eigenvalue weighted by Gasteiger charge is 2.36. The van der Waals surface area contributed by atoms with E-state index in [-0.39, 0.29) is 34.5 Å². The fraction of sp³-hybridized carbons (Fsp3) is 0.308. The maximum atomic E-state index is 13.8. The molecular weight excluding hydrogens is 290 g/mol. The summed E-state index contributed by atoms with van der Waals surface area (Å²) >= 11 is 0. The normalized spacial score (nSPS) is 11.8. The van der Waals surface area contributed by atoms with Gasteiger partial charge in [0, 0.05) is 17.0 Å². The molecule has 8 heteroatoms. The molecule has 0 radical (unpaired) electrons. The molecule has 0 atom stereocenters. The molecule has 0 spiro atoms. The predicted molar refractivity (Wildman–Crippen MR) is 70.4 cm³/mol. The number of hydrazine groups is 1. The van der Waals surface area contributed by atoms with Gasteiger partial charge < -0.3 is 10.2 Å². The Morgan fingerprint density at radius 1 is 1.33 bits per heavy atom. The van der Waals surface area contributed by atoms with Crippen molar-refractivity contribution in [1.29, 1.82) is 0 Å². The third-order valence-corrected chi connectivity index (χ3v) is 2.99. The molecule has 0 aliphatic heterocycles. The van der Waals surface area contributed by atoms with Crippen molar-refractivity contribution >= 4 is 16.6 Å². The van der Waals surface area contributed by atoms with E-state index in [1.165, 1.54) is 13.0 Å². The molecule has 0 saturated heterocycles. The average Bonchev–Trinajstić information content (AvgIpc) is 2.39. The molecule has 0 aliphatic carbocycles. The van der Waals surface area contributed by atoms with Crippen LogP contribution in [-0.2, 0) is 6.18 Å². The lowest BCUT2D eigenvalue weighted by Crippen LogP contribution is -2.16. The summed E-state index contributed by atoms with van der Waals surface area (Å²) in [5, 5.41) is 0.257. The Morgan fingerprint density at radius 2 is 2.00 bits per heavy atom. The van der Waals surface area contributed by atoms with Crippen molar-refractivity contribution in [3.63, 3.8) is 0 Å². The van der Waals surface area contributed by atoms with Gasteiger partial charge in [-0.3, -0.25) is 5.84 Å². The molecule has 114 valence electrons. The maximum Gasteiger partial charge on any atom is 0.433 e. The third kappa shape index (κ3) is 2.71. The van der Waals surface area contributed by atoms with Gasteiger partial charge in [-0.15, -0.1) is 0 Å². The van der Waals surface area contributed by atoms with Crippen molar-refractivity contribution in [3.8, 4) is 5.75 Å². The summed E-state index contributed by atoms with van der Waals surface area (Å²) in [6.07, 6.45) is -4.65. The summed E-state index contributed by atoms with van der Waals surface area (Å²) < 4.78 is 57.7. The molecular formula is C13H13F4N3O. The quantitative estimate of drug-likeness (QED) is 0.518. The highest BCUT2D eigenvalue weighted by Crippen LogP contribution is 2.38. The first-order valence-electron chi connectivity index (χ1n) is 6.10. The van der Waals surface area contributed by atoms with Crippen molar-refractivity contribution in [1.82, 2.24) is 4.98 Å².